The molecule has 1 aromatic carbocycles. The average Bonchev–Trinajstić information content (AvgIpc) is 2.41. The predicted molar refractivity (Wildman–Crippen MR) is 70.3 cm³/mol. The van der Waals surface area contributed by atoms with Gasteiger partial charge in [-0.25, -0.2) is 0 Å². The average molecular weight is 262 g/mol. The van der Waals surface area contributed by atoms with Gasteiger partial charge in [-0.1, -0.05) is 30.3 Å². The van der Waals surface area contributed by atoms with Crippen LogP contribution in [-0.4, -0.2) is 42.5 Å². The normalized spacial score (nSPS) is 19.4. The number of carbonyl (C=O) groups excluding carboxylic acids is 2. The maximum atomic E-state index is 11.6. The molecule has 1 aliphatic heterocycles. The van der Waals surface area contributed by atoms with Crippen molar-refractivity contribution in [1.29, 1.82) is 0 Å². The Morgan fingerprint density at radius 2 is 2.05 bits per heavy atom. The van der Waals surface area contributed by atoms with E-state index in [1.54, 1.807) is 0 Å². The van der Waals surface area contributed by atoms with Crippen LogP contribution in [0.5, 0.6) is 0 Å². The molecule has 19 heavy (non-hydrogen) atoms. The lowest BCUT2D eigenvalue weighted by atomic mass is 10.2. The van der Waals surface area contributed by atoms with Crippen molar-refractivity contribution in [1.82, 2.24) is 10.2 Å². The number of amides is 2. The minimum atomic E-state index is -0.526. The summed E-state index contributed by atoms with van der Waals surface area (Å²) < 4.78 is 5.52. The van der Waals surface area contributed by atoms with Crippen LogP contribution in [0.25, 0.3) is 0 Å². The van der Waals surface area contributed by atoms with E-state index in [2.05, 4.69) is 5.32 Å². The lowest BCUT2D eigenvalue weighted by molar-refractivity contribution is -0.149. The number of benzene rings is 1. The molecule has 1 atom stereocenters. The summed E-state index contributed by atoms with van der Waals surface area (Å²) in [4.78, 5) is 24.5. The van der Waals surface area contributed by atoms with E-state index in [4.69, 9.17) is 4.74 Å². The fourth-order valence-corrected chi connectivity index (χ4v) is 2.02. The van der Waals surface area contributed by atoms with Gasteiger partial charge in [-0.15, -0.1) is 0 Å². The summed E-state index contributed by atoms with van der Waals surface area (Å²) in [7, 11) is 0. The van der Waals surface area contributed by atoms with Crippen molar-refractivity contribution in [2.45, 2.75) is 19.6 Å². The van der Waals surface area contributed by atoms with E-state index in [1.807, 2.05) is 37.3 Å². The van der Waals surface area contributed by atoms with Gasteiger partial charge in [-0.2, -0.15) is 0 Å². The zero-order valence-corrected chi connectivity index (χ0v) is 11.0. The van der Waals surface area contributed by atoms with Crippen LogP contribution in [0.15, 0.2) is 30.3 Å². The maximum absolute atomic E-state index is 11.6. The fraction of sp³-hybridized carbons (Fsp3) is 0.429. The first-order valence-electron chi connectivity index (χ1n) is 6.38. The number of hydrogen-bond donors (Lipinski definition) is 1. The Hall–Kier alpha value is -1.88. The molecule has 1 aromatic rings. The van der Waals surface area contributed by atoms with E-state index in [9.17, 15) is 9.59 Å². The van der Waals surface area contributed by atoms with E-state index < -0.39 is 11.8 Å². The molecule has 5 heteroatoms. The summed E-state index contributed by atoms with van der Waals surface area (Å²) in [5.41, 5.74) is 1.10. The van der Waals surface area contributed by atoms with Crippen molar-refractivity contribution >= 4 is 11.8 Å². The topological polar surface area (TPSA) is 58.6 Å². The molecule has 2 amide bonds. The molecule has 1 aliphatic rings. The second kappa shape index (κ2) is 6.33. The Morgan fingerprint density at radius 1 is 1.32 bits per heavy atom. The van der Waals surface area contributed by atoms with Crippen LogP contribution in [0, 0.1) is 0 Å². The Kier molecular flexibility index (Phi) is 4.52. The smallest absolute Gasteiger partial charge is 0.312 e. The highest BCUT2D eigenvalue weighted by molar-refractivity contribution is 6.35. The van der Waals surface area contributed by atoms with Crippen molar-refractivity contribution in [3.63, 3.8) is 0 Å². The minimum Gasteiger partial charge on any atom is -0.375 e. The Labute approximate surface area is 112 Å². The van der Waals surface area contributed by atoms with E-state index in [-0.39, 0.29) is 6.04 Å². The van der Waals surface area contributed by atoms with Gasteiger partial charge in [-0.05, 0) is 12.5 Å². The summed E-state index contributed by atoms with van der Waals surface area (Å²) >= 11 is 0. The lowest BCUT2D eigenvalue weighted by Crippen LogP contribution is -2.57. The number of hydrogen-bond acceptors (Lipinski definition) is 3. The van der Waals surface area contributed by atoms with Gasteiger partial charge < -0.3 is 15.0 Å². The third-order valence-electron chi connectivity index (χ3n) is 2.97. The zero-order valence-electron chi connectivity index (χ0n) is 11.0. The van der Waals surface area contributed by atoms with Crippen LogP contribution < -0.4 is 5.32 Å². The van der Waals surface area contributed by atoms with Gasteiger partial charge in [0.25, 0.3) is 0 Å². The maximum Gasteiger partial charge on any atom is 0.312 e. The SMILES string of the molecule is C[C@H]1CN(CCOCc2ccccc2)C(=O)C(=O)N1. The number of carbonyl (C=O) groups is 2. The van der Waals surface area contributed by atoms with Gasteiger partial charge in [0.05, 0.1) is 13.2 Å². The molecule has 0 spiro atoms. The number of nitrogens with one attached hydrogen (secondary N) is 1. The van der Waals surface area contributed by atoms with Gasteiger partial charge in [0.2, 0.25) is 0 Å². The number of nitrogens with zero attached hydrogens (tertiary/aromatic N) is 1. The summed E-state index contributed by atoms with van der Waals surface area (Å²) in [5, 5.41) is 2.60. The molecule has 1 saturated heterocycles. The molecule has 5 nitrogen and oxygen atoms in total. The molecule has 0 unspecified atom stereocenters. The van der Waals surface area contributed by atoms with Gasteiger partial charge in [0.15, 0.2) is 0 Å². The van der Waals surface area contributed by atoms with Crippen LogP contribution in [0.3, 0.4) is 0 Å². The summed E-state index contributed by atoms with van der Waals surface area (Å²) in [5.74, 6) is -0.997. The molecule has 102 valence electrons. The highest BCUT2D eigenvalue weighted by atomic mass is 16.5. The molecule has 0 radical (unpaired) electrons. The second-order valence-corrected chi connectivity index (χ2v) is 4.66. The molecule has 2 rings (SSSR count). The van der Waals surface area contributed by atoms with Crippen molar-refractivity contribution in [3.8, 4) is 0 Å². The number of rotatable bonds is 5. The van der Waals surface area contributed by atoms with Gasteiger partial charge in [-0.3, -0.25) is 9.59 Å². The molecular formula is C14H18N2O3. The summed E-state index contributed by atoms with van der Waals surface area (Å²) in [6, 6.07) is 9.84. The quantitative estimate of drug-likeness (QED) is 0.623. The number of piperazine rings is 1. The highest BCUT2D eigenvalue weighted by Gasteiger charge is 2.29. The van der Waals surface area contributed by atoms with Crippen LogP contribution in [0.1, 0.15) is 12.5 Å². The van der Waals surface area contributed by atoms with Crippen LogP contribution in [0.2, 0.25) is 0 Å². The molecular weight excluding hydrogens is 244 g/mol. The van der Waals surface area contributed by atoms with Crippen molar-refractivity contribution in [2.24, 2.45) is 0 Å². The minimum absolute atomic E-state index is 0.000627. The fourth-order valence-electron chi connectivity index (χ4n) is 2.02. The monoisotopic (exact) mass is 262 g/mol. The van der Waals surface area contributed by atoms with E-state index >= 15 is 0 Å². The van der Waals surface area contributed by atoms with E-state index in [0.717, 1.165) is 5.56 Å². The standard InChI is InChI=1S/C14H18N2O3/c1-11-9-16(14(18)13(17)15-11)7-8-19-10-12-5-3-2-4-6-12/h2-6,11H,7-10H2,1H3,(H,15,17)/t11-/m0/s1. The van der Waals surface area contributed by atoms with Gasteiger partial charge in [0, 0.05) is 19.1 Å². The molecule has 0 saturated carbocycles. The van der Waals surface area contributed by atoms with Crippen molar-refractivity contribution in [3.05, 3.63) is 35.9 Å². The molecule has 1 heterocycles. The predicted octanol–water partition coefficient (Wildman–Crippen LogP) is 0.550. The first-order chi connectivity index (χ1) is 9.16. The Balaban J connectivity index is 1.73. The molecule has 0 bridgehead atoms. The first kappa shape index (κ1) is 13.5. The van der Waals surface area contributed by atoms with E-state index in [1.165, 1.54) is 4.90 Å². The van der Waals surface area contributed by atoms with Crippen LogP contribution in [-0.2, 0) is 20.9 Å². The Bertz CT molecular complexity index is 447. The first-order valence-corrected chi connectivity index (χ1v) is 6.38. The van der Waals surface area contributed by atoms with Gasteiger partial charge in [0.1, 0.15) is 0 Å². The van der Waals surface area contributed by atoms with Gasteiger partial charge >= 0.3 is 11.8 Å². The Morgan fingerprint density at radius 3 is 2.79 bits per heavy atom. The largest absolute Gasteiger partial charge is 0.375 e. The third-order valence-corrected chi connectivity index (χ3v) is 2.97. The third kappa shape index (κ3) is 3.79. The molecule has 1 N–H and O–H groups in total. The van der Waals surface area contributed by atoms with Crippen molar-refractivity contribution in [2.75, 3.05) is 19.7 Å². The highest BCUT2D eigenvalue weighted by Crippen LogP contribution is 2.03. The zero-order chi connectivity index (χ0) is 13.7. The molecule has 1 fully saturated rings. The molecule has 0 aliphatic carbocycles. The van der Waals surface area contributed by atoms with Crippen LogP contribution >= 0.6 is 0 Å². The summed E-state index contributed by atoms with van der Waals surface area (Å²) in [6.07, 6.45) is 0. The molecule has 0 aromatic heterocycles. The van der Waals surface area contributed by atoms with Crippen LogP contribution in [0.4, 0.5) is 0 Å². The lowest BCUT2D eigenvalue weighted by Gasteiger charge is -2.30. The summed E-state index contributed by atoms with van der Waals surface area (Å²) in [6.45, 7) is 3.82. The van der Waals surface area contributed by atoms with Crippen molar-refractivity contribution < 1.29 is 14.3 Å². The number of ether oxygens (including phenoxy) is 1. The van der Waals surface area contributed by atoms with E-state index in [0.29, 0.717) is 26.3 Å². The second-order valence-electron chi connectivity index (χ2n) is 4.66.